The summed E-state index contributed by atoms with van der Waals surface area (Å²) in [6, 6.07) is -1.75. The maximum Gasteiger partial charge on any atom is 0.408 e. The molecule has 9 heteroatoms. The van der Waals surface area contributed by atoms with Crippen molar-refractivity contribution in [3.8, 4) is 0 Å². The number of nitrogens with one attached hydrogen (secondary N) is 2. The molecule has 26 heavy (non-hydrogen) atoms. The van der Waals surface area contributed by atoms with Gasteiger partial charge in [0.25, 0.3) is 0 Å². The number of hydrogen-bond donors (Lipinski definition) is 3. The molecule has 2 amide bonds. The van der Waals surface area contributed by atoms with Crippen LogP contribution in [-0.2, 0) is 23.8 Å². The van der Waals surface area contributed by atoms with E-state index in [2.05, 4.69) is 17.2 Å². The number of carbonyl (C=O) groups is 3. The lowest BCUT2D eigenvalue weighted by Gasteiger charge is -2.26. The summed E-state index contributed by atoms with van der Waals surface area (Å²) < 4.78 is 15.0. The number of amides is 2. The number of alkyl carbamates (subject to hydrolysis) is 1. The summed E-state index contributed by atoms with van der Waals surface area (Å²) in [5.74, 6) is -1.04. The SMILES string of the molecule is C=CCOC(=O)N[C@@H](C)C(=O)N[C@@H](C[C@@H]1CCC(O)C2OC21)C(=O)OC. The molecule has 1 aliphatic heterocycles. The molecule has 3 unspecified atom stereocenters. The monoisotopic (exact) mass is 370 g/mol. The fourth-order valence-corrected chi connectivity index (χ4v) is 3.16. The van der Waals surface area contributed by atoms with E-state index in [0.717, 1.165) is 0 Å². The number of aliphatic hydroxyl groups excluding tert-OH is 1. The molecule has 2 aliphatic rings. The second kappa shape index (κ2) is 9.00. The largest absolute Gasteiger partial charge is 0.467 e. The highest BCUT2D eigenvalue weighted by Crippen LogP contribution is 2.42. The molecule has 146 valence electrons. The second-order valence-corrected chi connectivity index (χ2v) is 6.54. The molecule has 0 aromatic heterocycles. The Kier molecular flexibility index (Phi) is 6.98. The molecule has 0 bridgehead atoms. The van der Waals surface area contributed by atoms with E-state index in [4.69, 9.17) is 14.2 Å². The first-order chi connectivity index (χ1) is 12.4. The van der Waals surface area contributed by atoms with Gasteiger partial charge in [-0.3, -0.25) is 4.79 Å². The van der Waals surface area contributed by atoms with Crippen LogP contribution in [0.1, 0.15) is 26.2 Å². The minimum Gasteiger partial charge on any atom is -0.467 e. The molecule has 3 N–H and O–H groups in total. The van der Waals surface area contributed by atoms with Crippen LogP contribution in [0.5, 0.6) is 0 Å². The third kappa shape index (κ3) is 5.18. The molecule has 6 atom stereocenters. The number of hydrogen-bond acceptors (Lipinski definition) is 7. The Labute approximate surface area is 152 Å². The van der Waals surface area contributed by atoms with E-state index in [0.29, 0.717) is 19.3 Å². The van der Waals surface area contributed by atoms with E-state index in [-0.39, 0.29) is 24.7 Å². The summed E-state index contributed by atoms with van der Waals surface area (Å²) >= 11 is 0. The van der Waals surface area contributed by atoms with Crippen LogP contribution >= 0.6 is 0 Å². The summed E-state index contributed by atoms with van der Waals surface area (Å²) in [5, 5.41) is 14.7. The van der Waals surface area contributed by atoms with Crippen LogP contribution in [0.4, 0.5) is 4.79 Å². The lowest BCUT2D eigenvalue weighted by Crippen LogP contribution is -2.51. The third-order valence-corrected chi connectivity index (χ3v) is 4.64. The molecular weight excluding hydrogens is 344 g/mol. The minimum absolute atomic E-state index is 0.0288. The van der Waals surface area contributed by atoms with Gasteiger partial charge in [-0.15, -0.1) is 0 Å². The highest BCUT2D eigenvalue weighted by atomic mass is 16.6. The number of fused-ring (bicyclic) bond motifs is 1. The smallest absolute Gasteiger partial charge is 0.408 e. The van der Waals surface area contributed by atoms with Gasteiger partial charge in [0.15, 0.2) is 0 Å². The van der Waals surface area contributed by atoms with Gasteiger partial charge in [0.1, 0.15) is 24.8 Å². The second-order valence-electron chi connectivity index (χ2n) is 6.54. The lowest BCUT2D eigenvalue weighted by molar-refractivity contribution is -0.145. The number of epoxide rings is 1. The maximum atomic E-state index is 12.3. The molecule has 2 rings (SSSR count). The van der Waals surface area contributed by atoms with E-state index >= 15 is 0 Å². The van der Waals surface area contributed by atoms with Crippen molar-refractivity contribution in [2.45, 2.75) is 56.6 Å². The highest BCUT2D eigenvalue weighted by Gasteiger charge is 2.53. The van der Waals surface area contributed by atoms with Crippen molar-refractivity contribution in [2.24, 2.45) is 5.92 Å². The Morgan fingerprint density at radius 2 is 2.04 bits per heavy atom. The predicted molar refractivity (Wildman–Crippen MR) is 90.1 cm³/mol. The van der Waals surface area contributed by atoms with Gasteiger partial charge < -0.3 is 30.0 Å². The summed E-state index contributed by atoms with van der Waals surface area (Å²) in [6.45, 7) is 4.93. The Balaban J connectivity index is 1.88. The van der Waals surface area contributed by atoms with Crippen molar-refractivity contribution in [3.05, 3.63) is 12.7 Å². The van der Waals surface area contributed by atoms with Crippen molar-refractivity contribution >= 4 is 18.0 Å². The molecule has 9 nitrogen and oxygen atoms in total. The minimum atomic E-state index is -0.891. The molecular formula is C17H26N2O7. The maximum absolute atomic E-state index is 12.3. The van der Waals surface area contributed by atoms with Crippen LogP contribution in [0, 0.1) is 5.92 Å². The number of rotatable bonds is 8. The third-order valence-electron chi connectivity index (χ3n) is 4.64. The molecule has 1 aliphatic carbocycles. The van der Waals surface area contributed by atoms with Gasteiger partial charge in [-0.1, -0.05) is 12.7 Å². The first-order valence-corrected chi connectivity index (χ1v) is 8.63. The summed E-state index contributed by atoms with van der Waals surface area (Å²) in [7, 11) is 1.25. The zero-order valence-corrected chi connectivity index (χ0v) is 15.0. The average molecular weight is 370 g/mol. The summed E-state index contributed by atoms with van der Waals surface area (Å²) in [5.41, 5.74) is 0. The van der Waals surface area contributed by atoms with Crippen molar-refractivity contribution in [3.63, 3.8) is 0 Å². The topological polar surface area (TPSA) is 126 Å². The summed E-state index contributed by atoms with van der Waals surface area (Å²) in [4.78, 5) is 35.8. The molecule has 0 spiro atoms. The van der Waals surface area contributed by atoms with Crippen molar-refractivity contribution in [1.82, 2.24) is 10.6 Å². The summed E-state index contributed by atoms with van der Waals surface area (Å²) in [6.07, 6.45) is 1.57. The van der Waals surface area contributed by atoms with Gasteiger partial charge in [0.05, 0.1) is 19.3 Å². The van der Waals surface area contributed by atoms with Gasteiger partial charge >= 0.3 is 12.1 Å². The van der Waals surface area contributed by atoms with Gasteiger partial charge in [-0.05, 0) is 32.1 Å². The van der Waals surface area contributed by atoms with Crippen LogP contribution in [-0.4, -0.2) is 67.2 Å². The van der Waals surface area contributed by atoms with E-state index in [9.17, 15) is 19.5 Å². The zero-order valence-electron chi connectivity index (χ0n) is 15.0. The van der Waals surface area contributed by atoms with Crippen molar-refractivity contribution in [1.29, 1.82) is 0 Å². The van der Waals surface area contributed by atoms with Crippen LogP contribution in [0.15, 0.2) is 12.7 Å². The number of ether oxygens (including phenoxy) is 3. The molecule has 1 heterocycles. The highest BCUT2D eigenvalue weighted by molar-refractivity contribution is 5.89. The fraction of sp³-hybridized carbons (Fsp3) is 0.706. The molecule has 1 saturated carbocycles. The van der Waals surface area contributed by atoms with Crippen LogP contribution < -0.4 is 10.6 Å². The van der Waals surface area contributed by atoms with E-state index < -0.39 is 36.2 Å². The number of aliphatic hydroxyl groups is 1. The van der Waals surface area contributed by atoms with Gasteiger partial charge in [0.2, 0.25) is 5.91 Å². The first-order valence-electron chi connectivity index (χ1n) is 8.63. The number of methoxy groups -OCH3 is 1. The van der Waals surface area contributed by atoms with E-state index in [1.165, 1.54) is 20.1 Å². The standard InChI is InChI=1S/C17H26N2O7/c1-4-7-25-17(23)18-9(2)15(21)19-11(16(22)24-3)8-10-5-6-12(20)14-13(10)26-14/h4,9-14,20H,1,5-8H2,2-3H3,(H,18,23)(H,19,21)/t9-,10-,11-,12?,13?,14?/m0/s1. The quantitative estimate of drug-likeness (QED) is 0.309. The Morgan fingerprint density at radius 3 is 2.69 bits per heavy atom. The normalized spacial score (nSPS) is 28.7. The molecule has 1 saturated heterocycles. The average Bonchev–Trinajstić information content (AvgIpc) is 3.42. The van der Waals surface area contributed by atoms with Crippen molar-refractivity contribution < 1.29 is 33.7 Å². The van der Waals surface area contributed by atoms with E-state index in [1.807, 2.05) is 0 Å². The lowest BCUT2D eigenvalue weighted by atomic mass is 9.83. The Bertz CT molecular complexity index is 553. The number of esters is 1. The van der Waals surface area contributed by atoms with Gasteiger partial charge in [-0.2, -0.15) is 0 Å². The molecule has 0 radical (unpaired) electrons. The van der Waals surface area contributed by atoms with E-state index in [1.54, 1.807) is 0 Å². The van der Waals surface area contributed by atoms with Crippen molar-refractivity contribution in [2.75, 3.05) is 13.7 Å². The van der Waals surface area contributed by atoms with Crippen LogP contribution in [0.25, 0.3) is 0 Å². The first kappa shape index (κ1) is 20.2. The Morgan fingerprint density at radius 1 is 1.31 bits per heavy atom. The molecule has 0 aromatic carbocycles. The zero-order chi connectivity index (χ0) is 19.3. The molecule has 0 aromatic rings. The van der Waals surface area contributed by atoms with Gasteiger partial charge in [-0.25, -0.2) is 9.59 Å². The van der Waals surface area contributed by atoms with Gasteiger partial charge in [0, 0.05) is 0 Å². The fourth-order valence-electron chi connectivity index (χ4n) is 3.16. The predicted octanol–water partition coefficient (Wildman–Crippen LogP) is -0.127. The number of carbonyl (C=O) groups excluding carboxylic acids is 3. The van der Waals surface area contributed by atoms with Crippen LogP contribution in [0.2, 0.25) is 0 Å². The molecule has 2 fully saturated rings. The Hall–Kier alpha value is -2.13. The van der Waals surface area contributed by atoms with Crippen LogP contribution in [0.3, 0.4) is 0 Å².